The fourth-order valence-corrected chi connectivity index (χ4v) is 5.05. The Morgan fingerprint density at radius 1 is 1.30 bits per heavy atom. The van der Waals surface area contributed by atoms with Crippen LogP contribution in [0.4, 0.5) is 4.39 Å². The minimum atomic E-state index is -1.79. The zero-order valence-electron chi connectivity index (χ0n) is 22.1. The third-order valence-corrected chi connectivity index (χ3v) is 7.65. The highest BCUT2D eigenvalue weighted by Gasteiger charge is 2.53. The number of nitrogens with zero attached hydrogens (tertiary/aromatic N) is 2. The third-order valence-electron chi connectivity index (χ3n) is 6.67. The highest BCUT2D eigenvalue weighted by atomic mass is 32.1. The van der Waals surface area contributed by atoms with E-state index in [4.69, 9.17) is 0 Å². The number of hydrogen-bond acceptors (Lipinski definition) is 6. The van der Waals surface area contributed by atoms with Crippen LogP contribution in [0.1, 0.15) is 58.2 Å². The summed E-state index contributed by atoms with van der Waals surface area (Å²) in [5.74, 6) is -0.938. The number of aryl methyl sites for hydroxylation is 1. The zero-order chi connectivity index (χ0) is 27.4. The maximum Gasteiger partial charge on any atom is 0.258 e. The summed E-state index contributed by atoms with van der Waals surface area (Å²) < 4.78 is 13.8. The topological polar surface area (TPSA) is 112 Å². The number of carbonyl (C=O) groups excluding carboxylic acids is 3. The molecular formula is C27H37FN4O4S. The number of amides is 3. The molecule has 1 saturated heterocycles. The summed E-state index contributed by atoms with van der Waals surface area (Å²) in [5.41, 5.74) is 2.87. The van der Waals surface area contributed by atoms with E-state index < -0.39 is 29.1 Å². The molecule has 3 atom stereocenters. The normalized spacial score (nSPS) is 20.9. The van der Waals surface area contributed by atoms with Crippen molar-refractivity contribution in [2.75, 3.05) is 6.54 Å². The van der Waals surface area contributed by atoms with Crippen molar-refractivity contribution in [3.63, 3.8) is 0 Å². The third kappa shape index (κ3) is 7.35. The molecule has 1 saturated carbocycles. The average molecular weight is 533 g/mol. The summed E-state index contributed by atoms with van der Waals surface area (Å²) in [6.07, 6.45) is 1.16. The predicted molar refractivity (Wildman–Crippen MR) is 141 cm³/mol. The van der Waals surface area contributed by atoms with Crippen LogP contribution in [-0.2, 0) is 20.9 Å². The van der Waals surface area contributed by atoms with Crippen LogP contribution in [0.5, 0.6) is 0 Å². The molecule has 2 heterocycles. The van der Waals surface area contributed by atoms with Gasteiger partial charge < -0.3 is 20.6 Å². The van der Waals surface area contributed by atoms with Crippen molar-refractivity contribution in [2.24, 2.45) is 5.41 Å². The second-order valence-corrected chi connectivity index (χ2v) is 11.8. The van der Waals surface area contributed by atoms with E-state index in [2.05, 4.69) is 27.8 Å². The van der Waals surface area contributed by atoms with Crippen molar-refractivity contribution in [1.82, 2.24) is 20.5 Å². The van der Waals surface area contributed by atoms with Gasteiger partial charge in [-0.3, -0.25) is 14.4 Å². The molecule has 1 aromatic heterocycles. The van der Waals surface area contributed by atoms with Gasteiger partial charge in [-0.15, -0.1) is 11.3 Å². The molecule has 202 valence electrons. The molecule has 1 aromatic carbocycles. The number of benzene rings is 1. The number of likely N-dealkylation sites (tertiary alicyclic amines) is 1. The van der Waals surface area contributed by atoms with Gasteiger partial charge in [-0.25, -0.2) is 9.37 Å². The summed E-state index contributed by atoms with van der Waals surface area (Å²) in [5, 5.41) is 14.9. The standard InChI is InChI=1S/C15H25FN2O3.C12H12N2OS/c1-9-7-10(19)8-18(9)12(20)11(14(2,3)4)17-13(21)15(16)5-6-15;1-9-12(16-8-14-9)11-4-2-10(3-5-11)6-13-7-15/h9-11,19H,5-8H2,1-4H3,(H,17,21);2-5,7-8H,6H2,1H3,(H,13,15). The van der Waals surface area contributed by atoms with Crippen molar-refractivity contribution >= 4 is 29.6 Å². The van der Waals surface area contributed by atoms with Crippen LogP contribution in [0, 0.1) is 12.3 Å². The summed E-state index contributed by atoms with van der Waals surface area (Å²) in [4.78, 5) is 41.8. The Hall–Kier alpha value is -2.85. The van der Waals surface area contributed by atoms with Crippen molar-refractivity contribution in [3.05, 3.63) is 41.0 Å². The van der Waals surface area contributed by atoms with Gasteiger partial charge in [0.05, 0.1) is 22.2 Å². The molecule has 2 aromatic rings. The summed E-state index contributed by atoms with van der Waals surface area (Å²) >= 11 is 1.64. The molecule has 0 spiro atoms. The number of nitrogens with one attached hydrogen (secondary N) is 2. The SMILES string of the molecule is CC1CC(O)CN1C(=O)C(NC(=O)C1(F)CC1)C(C)(C)C.Cc1ncsc1-c1ccc(CNC=O)cc1. The highest BCUT2D eigenvalue weighted by Crippen LogP contribution is 2.40. The smallest absolute Gasteiger partial charge is 0.258 e. The first-order chi connectivity index (χ1) is 17.4. The largest absolute Gasteiger partial charge is 0.391 e. The van der Waals surface area contributed by atoms with Crippen molar-refractivity contribution in [2.45, 2.75) is 84.3 Å². The summed E-state index contributed by atoms with van der Waals surface area (Å²) in [6, 6.07) is 7.29. The number of halogens is 1. The Kier molecular flexibility index (Phi) is 9.07. The molecule has 37 heavy (non-hydrogen) atoms. The molecule has 4 rings (SSSR count). The monoisotopic (exact) mass is 532 g/mol. The van der Waals surface area contributed by atoms with E-state index in [-0.39, 0.29) is 31.3 Å². The zero-order valence-corrected chi connectivity index (χ0v) is 22.9. The van der Waals surface area contributed by atoms with Gasteiger partial charge in [-0.2, -0.15) is 0 Å². The molecule has 10 heteroatoms. The van der Waals surface area contributed by atoms with E-state index in [1.54, 1.807) is 16.2 Å². The lowest BCUT2D eigenvalue weighted by Crippen LogP contribution is -2.57. The van der Waals surface area contributed by atoms with Crippen molar-refractivity contribution in [3.8, 4) is 10.4 Å². The van der Waals surface area contributed by atoms with E-state index in [9.17, 15) is 23.9 Å². The quantitative estimate of drug-likeness (QED) is 0.474. The molecule has 1 aliphatic heterocycles. The van der Waals surface area contributed by atoms with E-state index in [1.807, 2.05) is 52.3 Å². The van der Waals surface area contributed by atoms with Gasteiger partial charge >= 0.3 is 0 Å². The second-order valence-electron chi connectivity index (χ2n) is 10.9. The lowest BCUT2D eigenvalue weighted by Gasteiger charge is -2.35. The Morgan fingerprint density at radius 3 is 2.41 bits per heavy atom. The van der Waals surface area contributed by atoms with Gasteiger partial charge in [0.1, 0.15) is 6.04 Å². The molecule has 2 fully saturated rings. The van der Waals surface area contributed by atoms with Gasteiger partial charge in [0.15, 0.2) is 5.67 Å². The van der Waals surface area contributed by atoms with Crippen molar-refractivity contribution in [1.29, 1.82) is 0 Å². The fraction of sp³-hybridized carbons (Fsp3) is 0.556. The number of thiazole rings is 1. The fourth-order valence-electron chi connectivity index (χ4n) is 4.23. The first-order valence-corrected chi connectivity index (χ1v) is 13.4. The molecule has 3 N–H and O–H groups in total. The van der Waals surface area contributed by atoms with Crippen LogP contribution >= 0.6 is 11.3 Å². The van der Waals surface area contributed by atoms with Crippen LogP contribution < -0.4 is 10.6 Å². The van der Waals surface area contributed by atoms with Crippen LogP contribution in [0.3, 0.4) is 0 Å². The van der Waals surface area contributed by atoms with Gasteiger partial charge in [0.2, 0.25) is 12.3 Å². The number of alkyl halides is 1. The molecule has 1 aliphatic carbocycles. The van der Waals surface area contributed by atoms with Gasteiger partial charge in [0.25, 0.3) is 5.91 Å². The van der Waals surface area contributed by atoms with Crippen molar-refractivity contribution < 1.29 is 23.9 Å². The molecule has 8 nitrogen and oxygen atoms in total. The second kappa shape index (κ2) is 11.7. The van der Waals surface area contributed by atoms with E-state index in [0.29, 0.717) is 19.4 Å². The van der Waals surface area contributed by atoms with Crippen LogP contribution in [0.15, 0.2) is 29.8 Å². The van der Waals surface area contributed by atoms with E-state index in [1.165, 1.54) is 10.4 Å². The van der Waals surface area contributed by atoms with E-state index >= 15 is 0 Å². The maximum atomic E-state index is 13.8. The molecule has 0 radical (unpaired) electrons. The van der Waals surface area contributed by atoms with Gasteiger partial charge in [-0.1, -0.05) is 45.0 Å². The Labute approximate surface area is 221 Å². The lowest BCUT2D eigenvalue weighted by atomic mass is 9.85. The van der Waals surface area contributed by atoms with Gasteiger partial charge in [0, 0.05) is 19.1 Å². The number of carbonyl (C=O) groups is 3. The number of hydrogen-bond donors (Lipinski definition) is 3. The minimum absolute atomic E-state index is 0.0745. The molecule has 3 unspecified atom stereocenters. The highest BCUT2D eigenvalue weighted by molar-refractivity contribution is 7.13. The number of aromatic nitrogens is 1. The average Bonchev–Trinajstić information content (AvgIpc) is 3.30. The molecule has 0 bridgehead atoms. The Morgan fingerprint density at radius 2 is 1.95 bits per heavy atom. The van der Waals surface area contributed by atoms with Crippen LogP contribution in [0.2, 0.25) is 0 Å². The van der Waals surface area contributed by atoms with Gasteiger partial charge in [-0.05, 0) is 49.7 Å². The summed E-state index contributed by atoms with van der Waals surface area (Å²) in [6.45, 7) is 10.2. The maximum absolute atomic E-state index is 13.8. The predicted octanol–water partition coefficient (Wildman–Crippen LogP) is 3.37. The summed E-state index contributed by atoms with van der Waals surface area (Å²) in [7, 11) is 0. The first-order valence-electron chi connectivity index (χ1n) is 12.5. The first kappa shape index (κ1) is 28.7. The number of aliphatic hydroxyl groups excluding tert-OH is 1. The van der Waals surface area contributed by atoms with Crippen LogP contribution in [0.25, 0.3) is 10.4 Å². The number of aliphatic hydroxyl groups is 1. The number of rotatable bonds is 7. The minimum Gasteiger partial charge on any atom is -0.391 e. The Bertz CT molecular complexity index is 1090. The molecular weight excluding hydrogens is 495 g/mol. The lowest BCUT2D eigenvalue weighted by molar-refractivity contribution is -0.141. The van der Waals surface area contributed by atoms with E-state index in [0.717, 1.165) is 11.3 Å². The van der Waals surface area contributed by atoms with Crippen LogP contribution in [-0.4, -0.2) is 63.6 Å². The number of β-amino-alcohol motifs (C(OH)–C–C–N with tert-alkyl or cyclic N) is 1. The molecule has 3 amide bonds. The molecule has 2 aliphatic rings. The Balaban J connectivity index is 0.000000213.